The lowest BCUT2D eigenvalue weighted by Crippen LogP contribution is -2.33. The van der Waals surface area contributed by atoms with Crippen LogP contribution in [0.15, 0.2) is 24.4 Å². The van der Waals surface area contributed by atoms with Gasteiger partial charge in [0, 0.05) is 6.20 Å². The molecule has 1 aromatic heterocycles. The molecule has 1 aromatic rings. The maximum Gasteiger partial charge on any atom is 0.206 e. The number of Topliss-reactive ketones (excluding diaryl/α,β-unsaturated/α-hetero) is 1. The van der Waals surface area contributed by atoms with E-state index in [4.69, 9.17) is 4.74 Å². The molecule has 0 atom stereocenters. The number of carbonyl (C=O) groups is 1. The van der Waals surface area contributed by atoms with Gasteiger partial charge in [0.2, 0.25) is 5.78 Å². The van der Waals surface area contributed by atoms with E-state index in [0.717, 1.165) is 25.9 Å². The number of carbonyl (C=O) groups excluding carboxylic acids is 1. The molecule has 2 heterocycles. The summed E-state index contributed by atoms with van der Waals surface area (Å²) < 4.78 is 5.57. The quantitative estimate of drug-likeness (QED) is 0.829. The van der Waals surface area contributed by atoms with Crippen molar-refractivity contribution in [3.63, 3.8) is 0 Å². The monoisotopic (exact) mass is 256 g/mol. The lowest BCUT2D eigenvalue weighted by atomic mass is 10.1. The van der Waals surface area contributed by atoms with Crippen LogP contribution >= 0.6 is 12.4 Å². The van der Waals surface area contributed by atoms with E-state index in [1.54, 1.807) is 18.3 Å². The first-order chi connectivity index (χ1) is 7.86. The summed E-state index contributed by atoms with van der Waals surface area (Å²) in [5.41, 5.74) is 0.483. The highest BCUT2D eigenvalue weighted by molar-refractivity contribution is 5.95. The van der Waals surface area contributed by atoms with E-state index < -0.39 is 0 Å². The molecule has 0 saturated carbocycles. The smallest absolute Gasteiger partial charge is 0.206 e. The van der Waals surface area contributed by atoms with E-state index in [0.29, 0.717) is 5.69 Å². The molecule has 0 radical (unpaired) electrons. The predicted molar refractivity (Wildman–Crippen MR) is 67.7 cm³/mol. The summed E-state index contributed by atoms with van der Waals surface area (Å²) in [5.74, 6) is -0.0425. The van der Waals surface area contributed by atoms with Crippen molar-refractivity contribution in [2.24, 2.45) is 0 Å². The van der Waals surface area contributed by atoms with Crippen molar-refractivity contribution in [2.45, 2.75) is 18.9 Å². The molecule has 2 rings (SSSR count). The number of hydrogen-bond donors (Lipinski definition) is 1. The highest BCUT2D eigenvalue weighted by Crippen LogP contribution is 2.07. The Kier molecular flexibility index (Phi) is 6.11. The van der Waals surface area contributed by atoms with Gasteiger partial charge in [0.05, 0.1) is 6.10 Å². The number of hydrogen-bond acceptors (Lipinski definition) is 4. The summed E-state index contributed by atoms with van der Waals surface area (Å²) in [7, 11) is 0. The lowest BCUT2D eigenvalue weighted by molar-refractivity contribution is 0.0315. The first kappa shape index (κ1) is 14.1. The van der Waals surface area contributed by atoms with Crippen LogP contribution in [0.2, 0.25) is 0 Å². The second-order valence-electron chi connectivity index (χ2n) is 3.90. The highest BCUT2D eigenvalue weighted by atomic mass is 35.5. The number of nitrogens with zero attached hydrogens (tertiary/aromatic N) is 1. The zero-order valence-electron chi connectivity index (χ0n) is 9.59. The summed E-state index contributed by atoms with van der Waals surface area (Å²) in [6.45, 7) is 2.09. The topological polar surface area (TPSA) is 51.2 Å². The number of piperidine rings is 1. The zero-order chi connectivity index (χ0) is 11.2. The van der Waals surface area contributed by atoms with Crippen molar-refractivity contribution in [1.82, 2.24) is 10.3 Å². The maximum atomic E-state index is 11.7. The first-order valence-electron chi connectivity index (χ1n) is 5.63. The predicted octanol–water partition coefficient (Wildman–Crippen LogP) is 1.45. The van der Waals surface area contributed by atoms with Gasteiger partial charge in [-0.05, 0) is 38.1 Å². The zero-order valence-corrected chi connectivity index (χ0v) is 10.4. The first-order valence-corrected chi connectivity index (χ1v) is 5.63. The Morgan fingerprint density at radius 1 is 1.41 bits per heavy atom. The largest absolute Gasteiger partial charge is 0.370 e. The van der Waals surface area contributed by atoms with Gasteiger partial charge in [0.25, 0.3) is 0 Å². The standard InChI is InChI=1S/C12H16N2O2.ClH/c15-12(11-3-1-2-6-14-11)9-16-10-4-7-13-8-5-10;/h1-3,6,10,13H,4-5,7-9H2;1H. The van der Waals surface area contributed by atoms with Crippen LogP contribution in [0.3, 0.4) is 0 Å². The van der Waals surface area contributed by atoms with Crippen LogP contribution in [0.1, 0.15) is 23.3 Å². The normalized spacial score (nSPS) is 16.2. The van der Waals surface area contributed by atoms with Crippen LogP contribution in [0.4, 0.5) is 0 Å². The van der Waals surface area contributed by atoms with Gasteiger partial charge in [-0.2, -0.15) is 0 Å². The van der Waals surface area contributed by atoms with Gasteiger partial charge in [0.1, 0.15) is 12.3 Å². The van der Waals surface area contributed by atoms with E-state index in [1.165, 1.54) is 0 Å². The van der Waals surface area contributed by atoms with Crippen molar-refractivity contribution in [3.8, 4) is 0 Å². The molecule has 0 aromatic carbocycles. The maximum absolute atomic E-state index is 11.7. The molecule has 17 heavy (non-hydrogen) atoms. The van der Waals surface area contributed by atoms with Crippen LogP contribution in [-0.4, -0.2) is 36.6 Å². The molecule has 1 aliphatic heterocycles. The van der Waals surface area contributed by atoms with Gasteiger partial charge in [0.15, 0.2) is 0 Å². The molecular formula is C12H17ClN2O2. The highest BCUT2D eigenvalue weighted by Gasteiger charge is 2.15. The minimum Gasteiger partial charge on any atom is -0.370 e. The van der Waals surface area contributed by atoms with Gasteiger partial charge in [-0.25, -0.2) is 0 Å². The van der Waals surface area contributed by atoms with Crippen molar-refractivity contribution in [2.75, 3.05) is 19.7 Å². The molecular weight excluding hydrogens is 240 g/mol. The Bertz CT molecular complexity index is 340. The molecule has 0 unspecified atom stereocenters. The Balaban J connectivity index is 0.00000144. The number of rotatable bonds is 4. The molecule has 4 nitrogen and oxygen atoms in total. The fourth-order valence-corrected chi connectivity index (χ4v) is 1.76. The summed E-state index contributed by atoms with van der Waals surface area (Å²) in [6.07, 6.45) is 3.80. The Morgan fingerprint density at radius 3 is 2.82 bits per heavy atom. The van der Waals surface area contributed by atoms with Gasteiger partial charge in [-0.1, -0.05) is 6.07 Å². The fourth-order valence-electron chi connectivity index (χ4n) is 1.76. The van der Waals surface area contributed by atoms with Gasteiger partial charge < -0.3 is 10.1 Å². The Hall–Kier alpha value is -0.970. The number of nitrogens with one attached hydrogen (secondary N) is 1. The molecule has 1 N–H and O–H groups in total. The SMILES string of the molecule is Cl.O=C(COC1CCNCC1)c1ccccn1. The Labute approximate surface area is 107 Å². The summed E-state index contributed by atoms with van der Waals surface area (Å²) in [6, 6.07) is 5.32. The second-order valence-corrected chi connectivity index (χ2v) is 3.90. The molecule has 0 bridgehead atoms. The summed E-state index contributed by atoms with van der Waals surface area (Å²) in [5, 5.41) is 3.26. The van der Waals surface area contributed by atoms with Gasteiger partial charge in [-0.15, -0.1) is 12.4 Å². The fraction of sp³-hybridized carbons (Fsp3) is 0.500. The van der Waals surface area contributed by atoms with E-state index in [-0.39, 0.29) is 30.9 Å². The van der Waals surface area contributed by atoms with Crippen molar-refractivity contribution in [3.05, 3.63) is 30.1 Å². The third-order valence-electron chi connectivity index (χ3n) is 2.69. The van der Waals surface area contributed by atoms with E-state index in [2.05, 4.69) is 10.3 Å². The van der Waals surface area contributed by atoms with E-state index >= 15 is 0 Å². The molecule has 1 saturated heterocycles. The van der Waals surface area contributed by atoms with Crippen LogP contribution < -0.4 is 5.32 Å². The number of ether oxygens (including phenoxy) is 1. The molecule has 0 aliphatic carbocycles. The van der Waals surface area contributed by atoms with Crippen molar-refractivity contribution < 1.29 is 9.53 Å². The van der Waals surface area contributed by atoms with E-state index in [1.807, 2.05) is 6.07 Å². The van der Waals surface area contributed by atoms with Crippen LogP contribution in [0.5, 0.6) is 0 Å². The molecule has 0 spiro atoms. The van der Waals surface area contributed by atoms with Gasteiger partial charge >= 0.3 is 0 Å². The molecule has 0 amide bonds. The number of halogens is 1. The van der Waals surface area contributed by atoms with Crippen molar-refractivity contribution in [1.29, 1.82) is 0 Å². The molecule has 1 fully saturated rings. The minimum absolute atomic E-state index is 0. The van der Waals surface area contributed by atoms with Crippen LogP contribution in [0.25, 0.3) is 0 Å². The van der Waals surface area contributed by atoms with Gasteiger partial charge in [-0.3, -0.25) is 9.78 Å². The molecule has 5 heteroatoms. The third-order valence-corrected chi connectivity index (χ3v) is 2.69. The second kappa shape index (κ2) is 7.37. The third kappa shape index (κ3) is 4.42. The average Bonchev–Trinajstić information content (AvgIpc) is 2.38. The number of pyridine rings is 1. The van der Waals surface area contributed by atoms with E-state index in [9.17, 15) is 4.79 Å². The summed E-state index contributed by atoms with van der Waals surface area (Å²) in [4.78, 5) is 15.7. The summed E-state index contributed by atoms with van der Waals surface area (Å²) >= 11 is 0. The average molecular weight is 257 g/mol. The van der Waals surface area contributed by atoms with Crippen molar-refractivity contribution >= 4 is 18.2 Å². The number of ketones is 1. The molecule has 1 aliphatic rings. The number of aromatic nitrogens is 1. The van der Waals surface area contributed by atoms with Crippen LogP contribution in [-0.2, 0) is 4.74 Å². The lowest BCUT2D eigenvalue weighted by Gasteiger charge is -2.22. The molecule has 94 valence electrons. The minimum atomic E-state index is -0.0425. The Morgan fingerprint density at radius 2 is 2.18 bits per heavy atom. The van der Waals surface area contributed by atoms with Crippen LogP contribution in [0, 0.1) is 0 Å².